The third-order valence-electron chi connectivity index (χ3n) is 8.39. The summed E-state index contributed by atoms with van der Waals surface area (Å²) in [5, 5.41) is 23.2. The Kier molecular flexibility index (Phi) is 5.56. The number of nitrogens with zero attached hydrogens (tertiary/aromatic N) is 5. The van der Waals surface area contributed by atoms with Crippen LogP contribution in [-0.4, -0.2) is 9.13 Å². The minimum atomic E-state index is 0.579. The Hall–Kier alpha value is -6.61. The van der Waals surface area contributed by atoms with Gasteiger partial charge in [-0.05, 0) is 83.7 Å². The van der Waals surface area contributed by atoms with Crippen molar-refractivity contribution in [3.63, 3.8) is 0 Å². The molecule has 202 valence electrons. The van der Waals surface area contributed by atoms with Crippen molar-refractivity contribution in [1.29, 1.82) is 10.5 Å². The van der Waals surface area contributed by atoms with Crippen LogP contribution in [0.5, 0.6) is 0 Å². The van der Waals surface area contributed by atoms with Gasteiger partial charge in [0.05, 0.1) is 57.6 Å². The molecule has 5 nitrogen and oxygen atoms in total. The van der Waals surface area contributed by atoms with E-state index in [-0.39, 0.29) is 0 Å². The topological polar surface area (TPSA) is 61.8 Å². The molecule has 0 radical (unpaired) electrons. The van der Waals surface area contributed by atoms with Crippen LogP contribution < -0.4 is 0 Å². The van der Waals surface area contributed by atoms with Gasteiger partial charge >= 0.3 is 0 Å². The maximum atomic E-state index is 9.63. The summed E-state index contributed by atoms with van der Waals surface area (Å²) in [4.78, 5) is 3.75. The van der Waals surface area contributed by atoms with Gasteiger partial charge in [0, 0.05) is 27.4 Å². The Morgan fingerprint density at radius 2 is 1.18 bits per heavy atom. The number of hydrogen-bond acceptors (Lipinski definition) is 2. The molecule has 2 heterocycles. The first-order chi connectivity index (χ1) is 21.7. The second-order valence-corrected chi connectivity index (χ2v) is 10.7. The van der Waals surface area contributed by atoms with Crippen LogP contribution in [0.15, 0.2) is 127 Å². The number of fused-ring (bicyclic) bond motifs is 6. The minimum Gasteiger partial charge on any atom is -0.309 e. The van der Waals surface area contributed by atoms with Gasteiger partial charge in [0.2, 0.25) is 0 Å². The van der Waals surface area contributed by atoms with Gasteiger partial charge in [-0.2, -0.15) is 10.5 Å². The maximum absolute atomic E-state index is 9.63. The molecule has 0 saturated heterocycles. The van der Waals surface area contributed by atoms with Crippen molar-refractivity contribution in [3.8, 4) is 34.6 Å². The van der Waals surface area contributed by atoms with Crippen LogP contribution in [0.25, 0.3) is 71.0 Å². The maximum Gasteiger partial charge on any atom is 0.188 e. The second-order valence-electron chi connectivity index (χ2n) is 10.7. The Morgan fingerprint density at radius 3 is 2.00 bits per heavy atom. The lowest BCUT2D eigenvalue weighted by Gasteiger charge is -2.15. The third-order valence-corrected chi connectivity index (χ3v) is 8.39. The molecule has 2 aromatic heterocycles. The zero-order valence-corrected chi connectivity index (χ0v) is 23.4. The predicted octanol–water partition coefficient (Wildman–Crippen LogP) is 9.84. The van der Waals surface area contributed by atoms with Crippen LogP contribution in [0.4, 0.5) is 5.69 Å². The molecular weight excluding hydrogens is 538 g/mol. The number of nitriles is 2. The lowest BCUT2D eigenvalue weighted by molar-refractivity contribution is 1.18. The zero-order chi connectivity index (χ0) is 29.8. The fourth-order valence-corrected chi connectivity index (χ4v) is 6.51. The number of benzene rings is 6. The van der Waals surface area contributed by atoms with E-state index in [0.29, 0.717) is 16.8 Å². The van der Waals surface area contributed by atoms with E-state index in [1.54, 1.807) is 0 Å². The first-order valence-electron chi connectivity index (χ1n) is 14.2. The summed E-state index contributed by atoms with van der Waals surface area (Å²) in [6.45, 7) is 7.74. The molecule has 0 unspecified atom stereocenters. The summed E-state index contributed by atoms with van der Waals surface area (Å²) in [6, 6.07) is 46.9. The van der Waals surface area contributed by atoms with E-state index < -0.39 is 0 Å². The molecule has 0 N–H and O–H groups in total. The summed E-state index contributed by atoms with van der Waals surface area (Å²) in [6.07, 6.45) is 0. The molecule has 0 atom stereocenters. The van der Waals surface area contributed by atoms with E-state index in [4.69, 9.17) is 6.57 Å². The van der Waals surface area contributed by atoms with Gasteiger partial charge in [-0.3, -0.25) is 0 Å². The van der Waals surface area contributed by atoms with Gasteiger partial charge in [0.25, 0.3) is 0 Å². The first kappa shape index (κ1) is 25.1. The summed E-state index contributed by atoms with van der Waals surface area (Å²) >= 11 is 0. The lowest BCUT2D eigenvalue weighted by Crippen LogP contribution is -1.97. The standard InChI is InChI=1S/C39H21N5/c1-42-27-16-20-37-33(22-27)39-31(9-6-12-38(39)43(37)28-17-13-25(23-40)14-18-28)29-7-2-4-10-34(29)44-35-11-5-3-8-30(35)32-21-26(24-41)15-19-36(32)44/h2-22H. The second kappa shape index (κ2) is 9.74. The molecule has 0 bridgehead atoms. The molecule has 8 aromatic rings. The molecule has 0 spiro atoms. The van der Waals surface area contributed by atoms with Gasteiger partial charge in [0.15, 0.2) is 5.69 Å². The highest BCUT2D eigenvalue weighted by molar-refractivity contribution is 6.17. The predicted molar refractivity (Wildman–Crippen MR) is 176 cm³/mol. The van der Waals surface area contributed by atoms with Crippen LogP contribution in [-0.2, 0) is 0 Å². The highest BCUT2D eigenvalue weighted by Crippen LogP contribution is 2.43. The number of aromatic nitrogens is 2. The average molecular weight is 560 g/mol. The molecule has 6 aromatic carbocycles. The van der Waals surface area contributed by atoms with E-state index in [9.17, 15) is 10.5 Å². The fraction of sp³-hybridized carbons (Fsp3) is 0. The van der Waals surface area contributed by atoms with Crippen LogP contribution in [0, 0.1) is 29.2 Å². The van der Waals surface area contributed by atoms with Crippen molar-refractivity contribution in [1.82, 2.24) is 9.13 Å². The Labute approximate surface area is 253 Å². The number of rotatable bonds is 3. The van der Waals surface area contributed by atoms with Crippen LogP contribution in [0.3, 0.4) is 0 Å². The zero-order valence-electron chi connectivity index (χ0n) is 23.4. The molecule has 0 aliphatic rings. The van der Waals surface area contributed by atoms with E-state index in [1.165, 1.54) is 0 Å². The number of para-hydroxylation sites is 2. The SMILES string of the molecule is [C-]#[N+]c1ccc2c(c1)c1c(-c3ccccc3-n3c4ccccc4c4cc(C#N)ccc43)cccc1n2-c1ccc(C#N)cc1. The molecule has 0 amide bonds. The van der Waals surface area contributed by atoms with Gasteiger partial charge < -0.3 is 9.13 Å². The van der Waals surface area contributed by atoms with E-state index in [2.05, 4.69) is 80.7 Å². The minimum absolute atomic E-state index is 0.579. The highest BCUT2D eigenvalue weighted by atomic mass is 15.0. The quantitative estimate of drug-likeness (QED) is 0.202. The van der Waals surface area contributed by atoms with E-state index in [0.717, 1.165) is 66.1 Å². The largest absolute Gasteiger partial charge is 0.309 e. The smallest absolute Gasteiger partial charge is 0.188 e. The van der Waals surface area contributed by atoms with Crippen LogP contribution >= 0.6 is 0 Å². The molecule has 8 rings (SSSR count). The molecule has 0 aliphatic heterocycles. The van der Waals surface area contributed by atoms with Gasteiger partial charge in [-0.25, -0.2) is 4.85 Å². The highest BCUT2D eigenvalue weighted by Gasteiger charge is 2.20. The molecule has 0 saturated carbocycles. The Morgan fingerprint density at radius 1 is 0.523 bits per heavy atom. The molecule has 44 heavy (non-hydrogen) atoms. The molecular formula is C39H21N5. The van der Waals surface area contributed by atoms with Gasteiger partial charge in [-0.15, -0.1) is 0 Å². The molecule has 0 aliphatic carbocycles. The van der Waals surface area contributed by atoms with Crippen molar-refractivity contribution < 1.29 is 0 Å². The molecule has 5 heteroatoms. The normalized spacial score (nSPS) is 11.1. The van der Waals surface area contributed by atoms with Gasteiger partial charge in [0.1, 0.15) is 0 Å². The van der Waals surface area contributed by atoms with E-state index in [1.807, 2.05) is 72.8 Å². The lowest BCUT2D eigenvalue weighted by atomic mass is 9.97. The fourth-order valence-electron chi connectivity index (χ4n) is 6.51. The third kappa shape index (κ3) is 3.63. The monoisotopic (exact) mass is 559 g/mol. The van der Waals surface area contributed by atoms with Crippen LogP contribution in [0.2, 0.25) is 0 Å². The van der Waals surface area contributed by atoms with Crippen molar-refractivity contribution in [3.05, 3.63) is 150 Å². The van der Waals surface area contributed by atoms with Crippen molar-refractivity contribution in [2.45, 2.75) is 0 Å². The van der Waals surface area contributed by atoms with Gasteiger partial charge in [-0.1, -0.05) is 54.6 Å². The summed E-state index contributed by atoms with van der Waals surface area (Å²) < 4.78 is 4.49. The summed E-state index contributed by atoms with van der Waals surface area (Å²) in [5.41, 5.74) is 9.98. The summed E-state index contributed by atoms with van der Waals surface area (Å²) in [7, 11) is 0. The Balaban J connectivity index is 1.48. The number of hydrogen-bond donors (Lipinski definition) is 0. The average Bonchev–Trinajstić information content (AvgIpc) is 3.60. The van der Waals surface area contributed by atoms with Crippen molar-refractivity contribution in [2.24, 2.45) is 0 Å². The first-order valence-corrected chi connectivity index (χ1v) is 14.2. The van der Waals surface area contributed by atoms with Crippen molar-refractivity contribution in [2.75, 3.05) is 0 Å². The van der Waals surface area contributed by atoms with Crippen LogP contribution in [0.1, 0.15) is 11.1 Å². The van der Waals surface area contributed by atoms with Crippen molar-refractivity contribution >= 4 is 49.3 Å². The summed E-state index contributed by atoms with van der Waals surface area (Å²) in [5.74, 6) is 0. The van der Waals surface area contributed by atoms with E-state index >= 15 is 0 Å². The Bertz CT molecular complexity index is 2580. The molecule has 0 fully saturated rings.